The highest BCUT2D eigenvalue weighted by Gasteiger charge is 2.57. The molecule has 0 radical (unpaired) electrons. The summed E-state index contributed by atoms with van der Waals surface area (Å²) in [5, 5.41) is 22.8. The van der Waals surface area contributed by atoms with Gasteiger partial charge in [0.1, 0.15) is 11.9 Å². The van der Waals surface area contributed by atoms with Gasteiger partial charge in [-0.05, 0) is 42.0 Å². The van der Waals surface area contributed by atoms with Gasteiger partial charge in [-0.1, -0.05) is 30.3 Å². The second-order valence-electron chi connectivity index (χ2n) is 8.54. The van der Waals surface area contributed by atoms with E-state index in [9.17, 15) is 29.0 Å². The number of likely N-dealkylation sites (tertiary alicyclic amines) is 1. The van der Waals surface area contributed by atoms with Crippen molar-refractivity contribution in [3.63, 3.8) is 0 Å². The maximum absolute atomic E-state index is 13.3. The number of halogens is 1. The molecule has 174 valence electrons. The van der Waals surface area contributed by atoms with Crippen LogP contribution in [0.25, 0.3) is 11.1 Å². The molecule has 3 heterocycles. The topological polar surface area (TPSA) is 112 Å². The molecule has 8 nitrogen and oxygen atoms in total. The monoisotopic (exact) mass is 463 g/mol. The summed E-state index contributed by atoms with van der Waals surface area (Å²) < 4.78 is 14.9. The van der Waals surface area contributed by atoms with Crippen molar-refractivity contribution in [1.82, 2.24) is 9.47 Å². The molecule has 34 heavy (non-hydrogen) atoms. The second-order valence-corrected chi connectivity index (χ2v) is 8.54. The Bertz CT molecular complexity index is 1310. The lowest BCUT2D eigenvalue weighted by molar-refractivity contribution is -0.143. The van der Waals surface area contributed by atoms with Gasteiger partial charge in [-0.15, -0.1) is 0 Å². The van der Waals surface area contributed by atoms with Crippen LogP contribution in [0.15, 0.2) is 71.5 Å². The second kappa shape index (κ2) is 8.42. The standard InChI is InChI=1S/C25H22FN3O5/c26-15-8-6-14(7-9-15)17-10-11-20-21-18(12-28(20)23(17)31)19(13-30)22(24(32)33)29(21)25(34)27-16-4-2-1-3-5-16/h1-11,18-19,21-22,30H,12-13H2,(H,27,34)(H,32,33)/t18-,19-,21+,22-/m0/s1. The van der Waals surface area contributed by atoms with Crippen LogP contribution in [0, 0.1) is 17.7 Å². The Kier molecular flexibility index (Phi) is 5.41. The molecular weight excluding hydrogens is 441 g/mol. The minimum Gasteiger partial charge on any atom is -0.480 e. The lowest BCUT2D eigenvalue weighted by Gasteiger charge is -2.29. The van der Waals surface area contributed by atoms with Gasteiger partial charge in [0.2, 0.25) is 0 Å². The molecule has 2 aliphatic rings. The molecule has 4 atom stereocenters. The smallest absolute Gasteiger partial charge is 0.326 e. The molecule has 1 fully saturated rings. The number of hydrogen-bond acceptors (Lipinski definition) is 4. The van der Waals surface area contributed by atoms with E-state index in [4.69, 9.17) is 0 Å². The Labute approximate surface area is 193 Å². The number of carboxylic acids is 1. The number of pyridine rings is 1. The van der Waals surface area contributed by atoms with Crippen molar-refractivity contribution in [3.05, 3.63) is 88.6 Å². The number of nitrogens with one attached hydrogen (secondary N) is 1. The normalized spacial score (nSPS) is 22.8. The van der Waals surface area contributed by atoms with Crippen LogP contribution in [0.3, 0.4) is 0 Å². The first-order chi connectivity index (χ1) is 16.4. The summed E-state index contributed by atoms with van der Waals surface area (Å²) in [7, 11) is 0. The number of hydrogen-bond donors (Lipinski definition) is 3. The van der Waals surface area contributed by atoms with Crippen LogP contribution in [-0.2, 0) is 11.3 Å². The number of urea groups is 1. The van der Waals surface area contributed by atoms with Crippen molar-refractivity contribution in [2.24, 2.45) is 11.8 Å². The maximum atomic E-state index is 13.3. The number of nitrogens with zero attached hydrogens (tertiary/aromatic N) is 2. The van der Waals surface area contributed by atoms with Gasteiger partial charge in [-0.25, -0.2) is 14.0 Å². The quantitative estimate of drug-likeness (QED) is 0.551. The number of carboxylic acid groups (broad SMARTS) is 1. The molecule has 0 unspecified atom stereocenters. The first-order valence-electron chi connectivity index (χ1n) is 10.9. The maximum Gasteiger partial charge on any atom is 0.326 e. The number of aliphatic hydroxyl groups excluding tert-OH is 1. The third-order valence-electron chi connectivity index (χ3n) is 6.74. The van der Waals surface area contributed by atoms with E-state index in [-0.39, 0.29) is 12.1 Å². The van der Waals surface area contributed by atoms with Crippen LogP contribution >= 0.6 is 0 Å². The van der Waals surface area contributed by atoms with Crippen molar-refractivity contribution in [2.75, 3.05) is 11.9 Å². The summed E-state index contributed by atoms with van der Waals surface area (Å²) in [5.74, 6) is -2.83. The number of carbonyl (C=O) groups excluding carboxylic acids is 1. The number of anilines is 1. The lowest BCUT2D eigenvalue weighted by Crippen LogP contribution is -2.47. The van der Waals surface area contributed by atoms with Crippen LogP contribution in [0.1, 0.15) is 11.7 Å². The average Bonchev–Trinajstić information content (AvgIpc) is 3.36. The van der Waals surface area contributed by atoms with Crippen molar-refractivity contribution >= 4 is 17.7 Å². The zero-order valence-corrected chi connectivity index (χ0v) is 18.0. The third kappa shape index (κ3) is 3.45. The van der Waals surface area contributed by atoms with Gasteiger partial charge in [0.25, 0.3) is 5.56 Å². The van der Waals surface area contributed by atoms with Crippen LogP contribution < -0.4 is 10.9 Å². The van der Waals surface area contributed by atoms with E-state index >= 15 is 0 Å². The van der Waals surface area contributed by atoms with Crippen LogP contribution in [0.5, 0.6) is 0 Å². The first kappa shape index (κ1) is 21.8. The van der Waals surface area contributed by atoms with Gasteiger partial charge in [-0.3, -0.25) is 4.79 Å². The minimum atomic E-state index is -1.25. The first-order valence-corrected chi connectivity index (χ1v) is 10.9. The summed E-state index contributed by atoms with van der Waals surface area (Å²) in [4.78, 5) is 40.0. The van der Waals surface area contributed by atoms with E-state index in [1.54, 1.807) is 42.5 Å². The van der Waals surface area contributed by atoms with Gasteiger partial charge >= 0.3 is 12.0 Å². The summed E-state index contributed by atoms with van der Waals surface area (Å²) in [6.07, 6.45) is 0. The molecule has 2 aliphatic heterocycles. The predicted molar refractivity (Wildman–Crippen MR) is 122 cm³/mol. The number of fused-ring (bicyclic) bond motifs is 3. The summed E-state index contributed by atoms with van der Waals surface area (Å²) >= 11 is 0. The SMILES string of the molecule is O=C(O)[C@@H]1[C@@H](CO)[C@@H]2Cn3c(ccc(-c4ccc(F)cc4)c3=O)[C@@H]2N1C(=O)Nc1ccccc1. The third-order valence-corrected chi connectivity index (χ3v) is 6.74. The zero-order chi connectivity index (χ0) is 24.0. The van der Waals surface area contributed by atoms with E-state index in [0.29, 0.717) is 22.5 Å². The molecule has 2 amide bonds. The Hall–Kier alpha value is -3.98. The molecule has 0 aliphatic carbocycles. The Morgan fingerprint density at radius 3 is 2.38 bits per heavy atom. The highest BCUT2D eigenvalue weighted by atomic mass is 19.1. The largest absolute Gasteiger partial charge is 0.480 e. The molecule has 1 saturated heterocycles. The fourth-order valence-electron chi connectivity index (χ4n) is 5.25. The molecule has 9 heteroatoms. The molecule has 3 N–H and O–H groups in total. The molecule has 0 saturated carbocycles. The van der Waals surface area contributed by atoms with Gasteiger partial charge in [0, 0.05) is 41.9 Å². The number of para-hydroxylation sites is 1. The highest BCUT2D eigenvalue weighted by Crippen LogP contribution is 2.49. The lowest BCUT2D eigenvalue weighted by atomic mass is 9.88. The van der Waals surface area contributed by atoms with Gasteiger partial charge in [0.15, 0.2) is 0 Å². The number of amides is 2. The molecule has 3 aromatic rings. The summed E-state index contributed by atoms with van der Waals surface area (Å²) in [5.41, 5.74) is 1.62. The number of aliphatic carboxylic acids is 1. The molecule has 2 aromatic carbocycles. The van der Waals surface area contributed by atoms with Crippen LogP contribution in [0.4, 0.5) is 14.9 Å². The molecule has 0 bridgehead atoms. The van der Waals surface area contributed by atoms with E-state index < -0.39 is 48.3 Å². The molecular formula is C25H22FN3O5. The summed E-state index contributed by atoms with van der Waals surface area (Å²) in [6.45, 7) is -0.279. The van der Waals surface area contributed by atoms with Crippen molar-refractivity contribution in [3.8, 4) is 11.1 Å². The number of benzene rings is 2. The van der Waals surface area contributed by atoms with E-state index in [1.807, 2.05) is 0 Å². The fraction of sp³-hybridized carbons (Fsp3) is 0.240. The molecule has 5 rings (SSSR count). The van der Waals surface area contributed by atoms with E-state index in [2.05, 4.69) is 5.32 Å². The van der Waals surface area contributed by atoms with Crippen molar-refractivity contribution in [1.29, 1.82) is 0 Å². The number of aliphatic hydroxyl groups is 1. The van der Waals surface area contributed by atoms with Gasteiger partial charge < -0.3 is 25.0 Å². The number of rotatable bonds is 4. The zero-order valence-electron chi connectivity index (χ0n) is 18.0. The predicted octanol–water partition coefficient (Wildman–Crippen LogP) is 2.93. The highest BCUT2D eigenvalue weighted by molar-refractivity contribution is 5.93. The Morgan fingerprint density at radius 1 is 1.03 bits per heavy atom. The Balaban J connectivity index is 1.57. The van der Waals surface area contributed by atoms with Crippen molar-refractivity contribution in [2.45, 2.75) is 18.6 Å². The van der Waals surface area contributed by atoms with Crippen LogP contribution in [0.2, 0.25) is 0 Å². The number of aromatic nitrogens is 1. The van der Waals surface area contributed by atoms with Crippen LogP contribution in [-0.4, -0.2) is 44.3 Å². The average molecular weight is 463 g/mol. The summed E-state index contributed by atoms with van der Waals surface area (Å²) in [6, 6.07) is 15.0. The van der Waals surface area contributed by atoms with Gasteiger partial charge in [-0.2, -0.15) is 0 Å². The van der Waals surface area contributed by atoms with Crippen molar-refractivity contribution < 1.29 is 24.2 Å². The van der Waals surface area contributed by atoms with E-state index in [1.165, 1.54) is 33.7 Å². The van der Waals surface area contributed by atoms with E-state index in [0.717, 1.165) is 0 Å². The minimum absolute atomic E-state index is 0.165. The number of carbonyl (C=O) groups is 2. The Morgan fingerprint density at radius 2 is 1.74 bits per heavy atom. The van der Waals surface area contributed by atoms with Gasteiger partial charge in [0.05, 0.1) is 6.04 Å². The fourth-order valence-corrected chi connectivity index (χ4v) is 5.25. The molecule has 1 aromatic heterocycles. The molecule has 0 spiro atoms.